The lowest BCUT2D eigenvalue weighted by Gasteiger charge is -2.12. The first-order valence-electron chi connectivity index (χ1n) is 9.86. The molecule has 1 aromatic heterocycles. The minimum absolute atomic E-state index is 0.849. The van der Waals surface area contributed by atoms with E-state index in [4.69, 9.17) is 4.74 Å². The fourth-order valence-electron chi connectivity index (χ4n) is 3.38. The van der Waals surface area contributed by atoms with Crippen LogP contribution >= 0.6 is 11.5 Å². The van der Waals surface area contributed by atoms with Crippen molar-refractivity contribution in [3.05, 3.63) is 78.4 Å². The van der Waals surface area contributed by atoms with Gasteiger partial charge in [0.05, 0.1) is 11.8 Å². The molecule has 0 aliphatic rings. The van der Waals surface area contributed by atoms with Crippen LogP contribution in [0.1, 0.15) is 12.0 Å². The molecule has 4 rings (SSSR count). The Morgan fingerprint density at radius 3 is 2.55 bits per heavy atom. The van der Waals surface area contributed by atoms with Crippen LogP contribution in [0, 0.1) is 0 Å². The number of aromatic nitrogens is 1. The number of nitrogens with one attached hydrogen (secondary N) is 2. The van der Waals surface area contributed by atoms with Crippen molar-refractivity contribution in [3.63, 3.8) is 0 Å². The largest absolute Gasteiger partial charge is 0.497 e. The van der Waals surface area contributed by atoms with Crippen LogP contribution in [0.2, 0.25) is 0 Å². The van der Waals surface area contributed by atoms with Gasteiger partial charge in [0.25, 0.3) is 0 Å². The molecule has 29 heavy (non-hydrogen) atoms. The molecule has 4 nitrogen and oxygen atoms in total. The Labute approximate surface area is 175 Å². The Bertz CT molecular complexity index is 1060. The van der Waals surface area contributed by atoms with Crippen molar-refractivity contribution in [1.82, 2.24) is 9.69 Å². The van der Waals surface area contributed by atoms with Crippen LogP contribution < -0.4 is 15.4 Å². The van der Waals surface area contributed by atoms with Gasteiger partial charge in [0.1, 0.15) is 11.6 Å². The Balaban J connectivity index is 1.27. The van der Waals surface area contributed by atoms with Gasteiger partial charge in [0, 0.05) is 18.5 Å². The zero-order valence-corrected chi connectivity index (χ0v) is 17.3. The van der Waals surface area contributed by atoms with E-state index in [1.165, 1.54) is 26.8 Å². The summed E-state index contributed by atoms with van der Waals surface area (Å²) in [6.07, 6.45) is 1.04. The molecule has 0 saturated carbocycles. The van der Waals surface area contributed by atoms with E-state index in [0.29, 0.717) is 0 Å². The maximum Gasteiger partial charge on any atom is 0.147 e. The van der Waals surface area contributed by atoms with Gasteiger partial charge in [0.2, 0.25) is 0 Å². The van der Waals surface area contributed by atoms with Gasteiger partial charge < -0.3 is 15.4 Å². The number of nitrogens with zero attached hydrogens (tertiary/aromatic N) is 1. The van der Waals surface area contributed by atoms with E-state index in [1.807, 2.05) is 12.1 Å². The quantitative estimate of drug-likeness (QED) is 0.359. The maximum atomic E-state index is 5.27. The molecule has 0 radical (unpaired) electrons. The summed E-state index contributed by atoms with van der Waals surface area (Å²) in [4.78, 5) is 0. The van der Waals surface area contributed by atoms with Crippen LogP contribution in [-0.2, 0) is 6.54 Å². The van der Waals surface area contributed by atoms with Crippen LogP contribution in [0.5, 0.6) is 5.75 Å². The molecule has 0 saturated heterocycles. The average Bonchev–Trinajstić information content (AvgIpc) is 3.20. The Morgan fingerprint density at radius 1 is 0.897 bits per heavy atom. The number of rotatable bonds is 9. The summed E-state index contributed by atoms with van der Waals surface area (Å²) in [5.41, 5.74) is 3.77. The van der Waals surface area contributed by atoms with Crippen molar-refractivity contribution in [1.29, 1.82) is 0 Å². The first-order valence-corrected chi connectivity index (χ1v) is 10.6. The predicted molar refractivity (Wildman–Crippen MR) is 123 cm³/mol. The summed E-state index contributed by atoms with van der Waals surface area (Å²) in [5.74, 6) is 1.88. The highest BCUT2D eigenvalue weighted by Gasteiger charge is 2.06. The van der Waals surface area contributed by atoms with Crippen molar-refractivity contribution < 1.29 is 4.74 Å². The number of hydrogen-bond donors (Lipinski definition) is 2. The van der Waals surface area contributed by atoms with Gasteiger partial charge >= 0.3 is 0 Å². The second kappa shape index (κ2) is 9.54. The highest BCUT2D eigenvalue weighted by atomic mass is 32.1. The van der Waals surface area contributed by atoms with Gasteiger partial charge in [-0.15, -0.1) is 0 Å². The molecule has 0 aliphatic heterocycles. The lowest BCUT2D eigenvalue weighted by atomic mass is 9.99. The molecule has 0 fully saturated rings. The summed E-state index contributed by atoms with van der Waals surface area (Å²) in [6, 6.07) is 25.1. The first kappa shape index (κ1) is 19.4. The van der Waals surface area contributed by atoms with E-state index in [9.17, 15) is 0 Å². The summed E-state index contributed by atoms with van der Waals surface area (Å²) in [5, 5.41) is 8.24. The second-order valence-corrected chi connectivity index (χ2v) is 7.68. The van der Waals surface area contributed by atoms with E-state index < -0.39 is 0 Å². The Morgan fingerprint density at radius 2 is 1.69 bits per heavy atom. The average molecular weight is 404 g/mol. The van der Waals surface area contributed by atoms with Crippen molar-refractivity contribution in [3.8, 4) is 16.9 Å². The number of hydrogen-bond acceptors (Lipinski definition) is 5. The van der Waals surface area contributed by atoms with Crippen molar-refractivity contribution in [2.24, 2.45) is 0 Å². The molecule has 0 aliphatic carbocycles. The van der Waals surface area contributed by atoms with Crippen LogP contribution in [0.15, 0.2) is 72.8 Å². The lowest BCUT2D eigenvalue weighted by Crippen LogP contribution is -2.18. The molecule has 2 N–H and O–H groups in total. The number of benzene rings is 3. The Kier molecular flexibility index (Phi) is 6.39. The van der Waals surface area contributed by atoms with Crippen LogP contribution in [-0.4, -0.2) is 24.6 Å². The molecule has 5 heteroatoms. The standard InChI is InChI=1S/C24H25N3OS/c1-28-20-13-11-18(12-14-20)21-8-3-2-7-19(21)17-25-15-6-16-26-24-22-9-4-5-10-23(22)29-27-24/h2-5,7-14,25H,6,15-17H2,1H3,(H,26,27). The van der Waals surface area contributed by atoms with Gasteiger partial charge in [-0.2, -0.15) is 4.37 Å². The van der Waals surface area contributed by atoms with Crippen LogP contribution in [0.25, 0.3) is 21.2 Å². The highest BCUT2D eigenvalue weighted by molar-refractivity contribution is 7.13. The summed E-state index contributed by atoms with van der Waals surface area (Å²) >= 11 is 1.55. The van der Waals surface area contributed by atoms with E-state index in [0.717, 1.165) is 37.6 Å². The molecule has 1 heterocycles. The summed E-state index contributed by atoms with van der Waals surface area (Å²) in [7, 11) is 1.69. The monoisotopic (exact) mass is 403 g/mol. The third-order valence-corrected chi connectivity index (χ3v) is 5.76. The van der Waals surface area contributed by atoms with E-state index in [2.05, 4.69) is 75.7 Å². The molecule has 4 aromatic rings. The molecule has 0 amide bonds. The van der Waals surface area contributed by atoms with E-state index in [-0.39, 0.29) is 0 Å². The molecule has 0 atom stereocenters. The third-order valence-electron chi connectivity index (χ3n) is 4.93. The first-order chi connectivity index (χ1) is 14.3. The Hall–Kier alpha value is -2.89. The number of fused-ring (bicyclic) bond motifs is 1. The zero-order valence-electron chi connectivity index (χ0n) is 16.5. The summed E-state index contributed by atoms with van der Waals surface area (Å²) < 4.78 is 11.0. The molecular formula is C24H25N3OS. The second-order valence-electron chi connectivity index (χ2n) is 6.87. The molecular weight excluding hydrogens is 378 g/mol. The van der Waals surface area contributed by atoms with E-state index >= 15 is 0 Å². The predicted octanol–water partition coefficient (Wildman–Crippen LogP) is 5.56. The molecule has 3 aromatic carbocycles. The minimum atomic E-state index is 0.849. The number of methoxy groups -OCH3 is 1. The lowest BCUT2D eigenvalue weighted by molar-refractivity contribution is 0.415. The minimum Gasteiger partial charge on any atom is -0.497 e. The van der Waals surface area contributed by atoms with Crippen molar-refractivity contribution >= 4 is 27.4 Å². The fraction of sp³-hybridized carbons (Fsp3) is 0.208. The SMILES string of the molecule is COc1ccc(-c2ccccc2CNCCCNc2nsc3ccccc23)cc1. The van der Waals surface area contributed by atoms with Gasteiger partial charge in [-0.05, 0) is 65.5 Å². The number of ether oxygens (including phenoxy) is 1. The molecule has 0 spiro atoms. The van der Waals surface area contributed by atoms with Crippen molar-refractivity contribution in [2.45, 2.75) is 13.0 Å². The normalized spacial score (nSPS) is 10.9. The van der Waals surface area contributed by atoms with Gasteiger partial charge in [-0.3, -0.25) is 0 Å². The van der Waals surface area contributed by atoms with Crippen molar-refractivity contribution in [2.75, 3.05) is 25.5 Å². The fourth-order valence-corrected chi connectivity index (χ4v) is 4.14. The van der Waals surface area contributed by atoms with Gasteiger partial charge in [-0.25, -0.2) is 0 Å². The molecule has 0 unspecified atom stereocenters. The topological polar surface area (TPSA) is 46.2 Å². The highest BCUT2D eigenvalue weighted by Crippen LogP contribution is 2.27. The molecule has 0 bridgehead atoms. The van der Waals surface area contributed by atoms with Gasteiger partial charge in [0.15, 0.2) is 0 Å². The third kappa shape index (κ3) is 4.75. The van der Waals surface area contributed by atoms with Gasteiger partial charge in [-0.1, -0.05) is 48.5 Å². The van der Waals surface area contributed by atoms with Crippen LogP contribution in [0.3, 0.4) is 0 Å². The van der Waals surface area contributed by atoms with E-state index in [1.54, 1.807) is 18.6 Å². The molecule has 148 valence electrons. The van der Waals surface area contributed by atoms with Crippen LogP contribution in [0.4, 0.5) is 5.82 Å². The smallest absolute Gasteiger partial charge is 0.147 e. The maximum absolute atomic E-state index is 5.27. The summed E-state index contributed by atoms with van der Waals surface area (Å²) in [6.45, 7) is 2.70. The zero-order chi connectivity index (χ0) is 19.9. The number of anilines is 1.